The number of amides is 2. The largest absolute Gasteiger partial charge is 0.478 e. The first-order chi connectivity index (χ1) is 8.09. The van der Waals surface area contributed by atoms with E-state index in [0.29, 0.717) is 19.3 Å². The monoisotopic (exact) mass is 234 g/mol. The van der Waals surface area contributed by atoms with Crippen molar-refractivity contribution in [3.05, 3.63) is 23.9 Å². The highest BCUT2D eigenvalue weighted by atomic mass is 16.4. The first-order valence-electron chi connectivity index (χ1n) is 5.15. The van der Waals surface area contributed by atoms with E-state index in [-0.39, 0.29) is 23.2 Å². The predicted octanol–water partition coefficient (Wildman–Crippen LogP) is 0.823. The number of carbonyl (C=O) groups excluding carboxylic acids is 2. The lowest BCUT2D eigenvalue weighted by Crippen LogP contribution is -2.40. The van der Waals surface area contributed by atoms with Crippen LogP contribution in [0, 0.1) is 0 Å². The maximum absolute atomic E-state index is 11.6. The summed E-state index contributed by atoms with van der Waals surface area (Å²) < 4.78 is 0. The van der Waals surface area contributed by atoms with Crippen LogP contribution >= 0.6 is 0 Å². The molecule has 1 aromatic rings. The van der Waals surface area contributed by atoms with Gasteiger partial charge >= 0.3 is 5.97 Å². The van der Waals surface area contributed by atoms with Gasteiger partial charge in [0.05, 0.1) is 5.56 Å². The van der Waals surface area contributed by atoms with Crippen LogP contribution in [-0.2, 0) is 9.59 Å². The van der Waals surface area contributed by atoms with Gasteiger partial charge < -0.3 is 5.11 Å². The number of imide groups is 1. The number of carboxylic acid groups (broad SMARTS) is 1. The van der Waals surface area contributed by atoms with Gasteiger partial charge in [0.25, 0.3) is 0 Å². The molecule has 0 radical (unpaired) electrons. The number of carbonyl (C=O) groups is 3. The molecule has 2 heterocycles. The number of carboxylic acids is 1. The molecule has 6 heteroatoms. The van der Waals surface area contributed by atoms with E-state index < -0.39 is 5.97 Å². The number of aromatic carboxylic acids is 1. The van der Waals surface area contributed by atoms with Crippen molar-refractivity contribution >= 4 is 23.6 Å². The maximum atomic E-state index is 11.6. The van der Waals surface area contributed by atoms with Crippen LogP contribution < -0.4 is 4.90 Å². The standard InChI is InChI=1S/C11H10N2O4/c14-9-2-1-3-10(15)13(9)8-5-4-7(6-12-8)11(16)17/h4-6H,1-3H2,(H,16,17). The minimum atomic E-state index is -1.10. The second kappa shape index (κ2) is 4.32. The summed E-state index contributed by atoms with van der Waals surface area (Å²) in [5, 5.41) is 8.70. The topological polar surface area (TPSA) is 87.6 Å². The Morgan fingerprint density at radius 3 is 2.35 bits per heavy atom. The summed E-state index contributed by atoms with van der Waals surface area (Å²) >= 11 is 0. The van der Waals surface area contributed by atoms with Crippen molar-refractivity contribution in [1.29, 1.82) is 0 Å². The highest BCUT2D eigenvalue weighted by Gasteiger charge is 2.28. The van der Waals surface area contributed by atoms with Gasteiger partial charge in [-0.25, -0.2) is 14.7 Å². The van der Waals surface area contributed by atoms with Crippen molar-refractivity contribution in [3.63, 3.8) is 0 Å². The molecule has 1 aliphatic rings. The normalized spacial score (nSPS) is 16.1. The quantitative estimate of drug-likeness (QED) is 0.765. The summed E-state index contributed by atoms with van der Waals surface area (Å²) in [6, 6.07) is 2.68. The predicted molar refractivity (Wildman–Crippen MR) is 57.5 cm³/mol. The lowest BCUT2D eigenvalue weighted by atomic mass is 10.1. The van der Waals surface area contributed by atoms with Crippen LogP contribution in [0.15, 0.2) is 18.3 Å². The lowest BCUT2D eigenvalue weighted by molar-refractivity contribution is -0.129. The number of rotatable bonds is 2. The van der Waals surface area contributed by atoms with Gasteiger partial charge in [-0.3, -0.25) is 9.59 Å². The van der Waals surface area contributed by atoms with Crippen LogP contribution in [0.4, 0.5) is 5.82 Å². The molecule has 0 aliphatic carbocycles. The number of pyridine rings is 1. The summed E-state index contributed by atoms with van der Waals surface area (Å²) in [6.07, 6.45) is 2.32. The third-order valence-corrected chi connectivity index (χ3v) is 2.50. The first kappa shape index (κ1) is 11.3. The molecule has 1 aromatic heterocycles. The zero-order valence-corrected chi connectivity index (χ0v) is 8.92. The summed E-state index contributed by atoms with van der Waals surface area (Å²) in [7, 11) is 0. The fraction of sp³-hybridized carbons (Fsp3) is 0.273. The SMILES string of the molecule is O=C(O)c1ccc(N2C(=O)CCCC2=O)nc1. The molecule has 0 bridgehead atoms. The number of hydrogen-bond donors (Lipinski definition) is 1. The maximum Gasteiger partial charge on any atom is 0.337 e. The van der Waals surface area contributed by atoms with E-state index in [1.165, 1.54) is 12.1 Å². The van der Waals surface area contributed by atoms with Crippen LogP contribution in [0.25, 0.3) is 0 Å². The van der Waals surface area contributed by atoms with Gasteiger partial charge in [-0.05, 0) is 18.6 Å². The fourth-order valence-corrected chi connectivity index (χ4v) is 1.65. The van der Waals surface area contributed by atoms with Gasteiger partial charge in [0.1, 0.15) is 5.82 Å². The summed E-state index contributed by atoms with van der Waals surface area (Å²) in [5.74, 6) is -1.50. The molecular formula is C11H10N2O4. The van der Waals surface area contributed by atoms with Crippen LogP contribution in [0.3, 0.4) is 0 Å². The summed E-state index contributed by atoms with van der Waals surface area (Å²) in [6.45, 7) is 0. The first-order valence-corrected chi connectivity index (χ1v) is 5.15. The van der Waals surface area contributed by atoms with E-state index in [1.54, 1.807) is 0 Å². The Morgan fingerprint density at radius 1 is 1.24 bits per heavy atom. The smallest absolute Gasteiger partial charge is 0.337 e. The Kier molecular flexibility index (Phi) is 2.86. The molecule has 2 rings (SSSR count). The van der Waals surface area contributed by atoms with Crippen LogP contribution in [-0.4, -0.2) is 27.9 Å². The zero-order chi connectivity index (χ0) is 12.4. The highest BCUT2D eigenvalue weighted by molar-refractivity contribution is 6.15. The summed E-state index contributed by atoms with van der Waals surface area (Å²) in [5.41, 5.74) is 0.0191. The number of nitrogens with zero attached hydrogens (tertiary/aromatic N) is 2. The molecule has 0 atom stereocenters. The van der Waals surface area contributed by atoms with E-state index in [4.69, 9.17) is 5.11 Å². The van der Waals surface area contributed by atoms with Gasteiger partial charge in [-0.2, -0.15) is 0 Å². The molecule has 88 valence electrons. The average molecular weight is 234 g/mol. The molecule has 0 spiro atoms. The molecule has 1 aliphatic heterocycles. The molecular weight excluding hydrogens is 224 g/mol. The Bertz CT molecular complexity index is 465. The Morgan fingerprint density at radius 2 is 1.88 bits per heavy atom. The second-order valence-electron chi connectivity index (χ2n) is 3.69. The molecule has 0 aromatic carbocycles. The van der Waals surface area contributed by atoms with Crippen LogP contribution in [0.1, 0.15) is 29.6 Å². The number of aromatic nitrogens is 1. The van der Waals surface area contributed by atoms with E-state index in [0.717, 1.165) is 11.1 Å². The van der Waals surface area contributed by atoms with Crippen molar-refractivity contribution in [2.45, 2.75) is 19.3 Å². The van der Waals surface area contributed by atoms with Gasteiger partial charge in [0.15, 0.2) is 0 Å². The van der Waals surface area contributed by atoms with E-state index in [2.05, 4.69) is 4.98 Å². The minimum Gasteiger partial charge on any atom is -0.478 e. The van der Waals surface area contributed by atoms with Crippen molar-refractivity contribution < 1.29 is 19.5 Å². The molecule has 1 saturated heterocycles. The van der Waals surface area contributed by atoms with Crippen molar-refractivity contribution in [2.75, 3.05) is 4.90 Å². The van der Waals surface area contributed by atoms with Crippen molar-refractivity contribution in [3.8, 4) is 0 Å². The second-order valence-corrected chi connectivity index (χ2v) is 3.69. The number of anilines is 1. The van der Waals surface area contributed by atoms with Gasteiger partial charge in [0.2, 0.25) is 11.8 Å². The number of hydrogen-bond acceptors (Lipinski definition) is 4. The molecule has 17 heavy (non-hydrogen) atoms. The summed E-state index contributed by atoms with van der Waals surface area (Å²) in [4.78, 5) is 38.6. The molecule has 0 saturated carbocycles. The fourth-order valence-electron chi connectivity index (χ4n) is 1.65. The average Bonchev–Trinajstić information content (AvgIpc) is 2.29. The van der Waals surface area contributed by atoms with E-state index in [1.807, 2.05) is 0 Å². The van der Waals surface area contributed by atoms with Crippen LogP contribution in [0.5, 0.6) is 0 Å². The lowest BCUT2D eigenvalue weighted by Gasteiger charge is -2.23. The number of piperidine rings is 1. The molecule has 6 nitrogen and oxygen atoms in total. The Labute approximate surface area is 96.9 Å². The van der Waals surface area contributed by atoms with Crippen molar-refractivity contribution in [2.24, 2.45) is 0 Å². The zero-order valence-electron chi connectivity index (χ0n) is 8.92. The molecule has 1 N–H and O–H groups in total. The molecule has 0 unspecified atom stereocenters. The van der Waals surface area contributed by atoms with Gasteiger partial charge in [-0.1, -0.05) is 0 Å². The van der Waals surface area contributed by atoms with E-state index in [9.17, 15) is 14.4 Å². The molecule has 2 amide bonds. The van der Waals surface area contributed by atoms with Gasteiger partial charge in [-0.15, -0.1) is 0 Å². The minimum absolute atomic E-state index is 0.0191. The van der Waals surface area contributed by atoms with E-state index >= 15 is 0 Å². The van der Waals surface area contributed by atoms with Crippen LogP contribution in [0.2, 0.25) is 0 Å². The molecule has 1 fully saturated rings. The Hall–Kier alpha value is -2.24. The van der Waals surface area contributed by atoms with Crippen molar-refractivity contribution in [1.82, 2.24) is 4.98 Å². The Balaban J connectivity index is 2.29. The van der Waals surface area contributed by atoms with Gasteiger partial charge in [0, 0.05) is 19.0 Å². The third kappa shape index (κ3) is 2.15. The highest BCUT2D eigenvalue weighted by Crippen LogP contribution is 2.19. The third-order valence-electron chi connectivity index (χ3n) is 2.50.